The zero-order chi connectivity index (χ0) is 16.7. The van der Waals surface area contributed by atoms with Crippen LogP contribution in [0.4, 0.5) is 0 Å². The molecule has 1 fully saturated rings. The normalized spacial score (nSPS) is 23.7. The van der Waals surface area contributed by atoms with E-state index < -0.39 is 54.9 Å². The number of carbonyl (C=O) groups excluding carboxylic acids is 2. The second-order valence-corrected chi connectivity index (χ2v) is 4.67. The molecule has 0 aromatic rings. The van der Waals surface area contributed by atoms with Crippen molar-refractivity contribution in [3.63, 3.8) is 0 Å². The third kappa shape index (κ3) is 5.66. The number of aliphatic carboxylic acids is 2. The van der Waals surface area contributed by atoms with E-state index in [1.54, 1.807) is 0 Å². The Morgan fingerprint density at radius 2 is 2.00 bits per heavy atom. The molecule has 1 rings (SSSR count). The number of carbonyl (C=O) groups is 4. The molecule has 0 spiro atoms. The van der Waals surface area contributed by atoms with Crippen molar-refractivity contribution >= 4 is 23.9 Å². The molecule has 3 unspecified atom stereocenters. The van der Waals surface area contributed by atoms with E-state index in [0.717, 1.165) is 0 Å². The molecule has 0 amide bonds. The number of cyclic esters (lactones) is 2. The molecule has 1 heterocycles. The molecule has 10 heteroatoms. The van der Waals surface area contributed by atoms with E-state index in [-0.39, 0.29) is 19.6 Å². The minimum Gasteiger partial charge on any atom is -0.481 e. The average Bonchev–Trinajstić information content (AvgIpc) is 2.41. The summed E-state index contributed by atoms with van der Waals surface area (Å²) >= 11 is 0. The third-order valence-electron chi connectivity index (χ3n) is 2.90. The van der Waals surface area contributed by atoms with Crippen LogP contribution in [-0.4, -0.2) is 70.6 Å². The van der Waals surface area contributed by atoms with Gasteiger partial charge in [0.05, 0.1) is 12.8 Å². The standard InChI is InChI=1S/C12H17NO9/c14-2-1-6-5-21-10(17)4-8(12(20)22-6)13-7(11(18)19)3-9(15)16/h6-8,13-14H,1-5H2,(H,15,16)(H,18,19). The molecule has 0 bridgehead atoms. The first kappa shape index (κ1) is 17.9. The van der Waals surface area contributed by atoms with Crippen LogP contribution in [0.15, 0.2) is 0 Å². The predicted octanol–water partition coefficient (Wildman–Crippen LogP) is -1.89. The first-order valence-corrected chi connectivity index (χ1v) is 6.51. The summed E-state index contributed by atoms with van der Waals surface area (Å²) in [4.78, 5) is 45.1. The van der Waals surface area contributed by atoms with Gasteiger partial charge in [0.15, 0.2) is 0 Å². The summed E-state index contributed by atoms with van der Waals surface area (Å²) < 4.78 is 9.82. The van der Waals surface area contributed by atoms with Crippen LogP contribution >= 0.6 is 0 Å². The van der Waals surface area contributed by atoms with Crippen molar-refractivity contribution in [3.8, 4) is 0 Å². The summed E-state index contributed by atoms with van der Waals surface area (Å²) in [5.74, 6) is -4.50. The van der Waals surface area contributed by atoms with Gasteiger partial charge in [-0.15, -0.1) is 0 Å². The van der Waals surface area contributed by atoms with Gasteiger partial charge in [0, 0.05) is 13.0 Å². The van der Waals surface area contributed by atoms with Crippen LogP contribution in [0.2, 0.25) is 0 Å². The maximum Gasteiger partial charge on any atom is 0.324 e. The number of ether oxygens (including phenoxy) is 2. The fourth-order valence-corrected chi connectivity index (χ4v) is 1.82. The zero-order valence-electron chi connectivity index (χ0n) is 11.6. The summed E-state index contributed by atoms with van der Waals surface area (Å²) in [6, 6.07) is -2.90. The van der Waals surface area contributed by atoms with Crippen molar-refractivity contribution in [1.82, 2.24) is 5.32 Å². The lowest BCUT2D eigenvalue weighted by atomic mass is 10.1. The highest BCUT2D eigenvalue weighted by Gasteiger charge is 2.34. The highest BCUT2D eigenvalue weighted by atomic mass is 16.6. The van der Waals surface area contributed by atoms with Gasteiger partial charge >= 0.3 is 23.9 Å². The molecule has 0 aliphatic carbocycles. The van der Waals surface area contributed by atoms with Crippen molar-refractivity contribution in [1.29, 1.82) is 0 Å². The van der Waals surface area contributed by atoms with Crippen LogP contribution in [0.1, 0.15) is 19.3 Å². The smallest absolute Gasteiger partial charge is 0.324 e. The summed E-state index contributed by atoms with van der Waals surface area (Å²) in [5.41, 5.74) is 0. The Balaban J connectivity index is 2.79. The number of hydrogen-bond donors (Lipinski definition) is 4. The van der Waals surface area contributed by atoms with Crippen LogP contribution in [0, 0.1) is 0 Å². The van der Waals surface area contributed by atoms with Gasteiger partial charge in [-0.05, 0) is 0 Å². The van der Waals surface area contributed by atoms with E-state index in [4.69, 9.17) is 24.8 Å². The topological polar surface area (TPSA) is 159 Å². The van der Waals surface area contributed by atoms with Gasteiger partial charge in [0.25, 0.3) is 0 Å². The van der Waals surface area contributed by atoms with Crippen LogP contribution in [0.5, 0.6) is 0 Å². The van der Waals surface area contributed by atoms with Gasteiger partial charge in [0.1, 0.15) is 24.8 Å². The Labute approximate surface area is 125 Å². The van der Waals surface area contributed by atoms with E-state index in [9.17, 15) is 19.2 Å². The predicted molar refractivity (Wildman–Crippen MR) is 67.8 cm³/mol. The molecule has 10 nitrogen and oxygen atoms in total. The Bertz CT molecular complexity index is 450. The molecule has 22 heavy (non-hydrogen) atoms. The second-order valence-electron chi connectivity index (χ2n) is 4.67. The largest absolute Gasteiger partial charge is 0.481 e. The van der Waals surface area contributed by atoms with Gasteiger partial charge < -0.3 is 24.8 Å². The first-order valence-electron chi connectivity index (χ1n) is 6.51. The Morgan fingerprint density at radius 3 is 2.55 bits per heavy atom. The van der Waals surface area contributed by atoms with Gasteiger partial charge in [-0.3, -0.25) is 24.5 Å². The van der Waals surface area contributed by atoms with Crippen molar-refractivity contribution in [2.45, 2.75) is 37.5 Å². The fourth-order valence-electron chi connectivity index (χ4n) is 1.82. The Morgan fingerprint density at radius 1 is 1.32 bits per heavy atom. The Kier molecular flexibility index (Phi) is 6.73. The van der Waals surface area contributed by atoms with Gasteiger partial charge in [-0.2, -0.15) is 0 Å². The summed E-state index contributed by atoms with van der Waals surface area (Å²) in [6.45, 7) is -0.486. The van der Waals surface area contributed by atoms with Crippen LogP contribution in [-0.2, 0) is 28.7 Å². The molecule has 4 N–H and O–H groups in total. The zero-order valence-corrected chi connectivity index (χ0v) is 11.6. The maximum atomic E-state index is 11.9. The first-order chi connectivity index (χ1) is 10.3. The molecule has 0 radical (unpaired) electrons. The lowest BCUT2D eigenvalue weighted by Crippen LogP contribution is -2.51. The number of rotatable bonds is 7. The van der Waals surface area contributed by atoms with Crippen molar-refractivity contribution in [2.24, 2.45) is 0 Å². The molecule has 0 aromatic heterocycles. The molecule has 124 valence electrons. The van der Waals surface area contributed by atoms with E-state index in [1.807, 2.05) is 0 Å². The molecule has 3 atom stereocenters. The van der Waals surface area contributed by atoms with Gasteiger partial charge in [-0.1, -0.05) is 0 Å². The molecule has 1 aliphatic rings. The number of carboxylic acids is 2. The lowest BCUT2D eigenvalue weighted by molar-refractivity contribution is -0.169. The second kappa shape index (κ2) is 8.29. The third-order valence-corrected chi connectivity index (χ3v) is 2.90. The molecule has 0 saturated carbocycles. The highest BCUT2D eigenvalue weighted by Crippen LogP contribution is 2.11. The highest BCUT2D eigenvalue weighted by molar-refractivity contribution is 5.85. The van der Waals surface area contributed by atoms with E-state index in [0.29, 0.717) is 0 Å². The van der Waals surface area contributed by atoms with Crippen LogP contribution in [0.3, 0.4) is 0 Å². The van der Waals surface area contributed by atoms with E-state index >= 15 is 0 Å². The number of carboxylic acid groups (broad SMARTS) is 2. The van der Waals surface area contributed by atoms with Crippen molar-refractivity contribution in [3.05, 3.63) is 0 Å². The minimum atomic E-state index is -1.56. The van der Waals surface area contributed by atoms with Crippen LogP contribution in [0.25, 0.3) is 0 Å². The summed E-state index contributed by atoms with van der Waals surface area (Å²) in [7, 11) is 0. The van der Waals surface area contributed by atoms with E-state index in [2.05, 4.69) is 5.32 Å². The number of nitrogens with one attached hydrogen (secondary N) is 1. The molecular weight excluding hydrogens is 302 g/mol. The average molecular weight is 319 g/mol. The summed E-state index contributed by atoms with van der Waals surface area (Å²) in [5, 5.41) is 28.7. The number of aliphatic hydroxyl groups is 1. The fraction of sp³-hybridized carbons (Fsp3) is 0.667. The maximum absolute atomic E-state index is 11.9. The molecule has 0 aromatic carbocycles. The van der Waals surface area contributed by atoms with Gasteiger partial charge in [0.2, 0.25) is 0 Å². The quantitative estimate of drug-likeness (QED) is 0.391. The number of esters is 2. The molecular formula is C12H17NO9. The lowest BCUT2D eigenvalue weighted by Gasteiger charge is -2.26. The van der Waals surface area contributed by atoms with Crippen molar-refractivity contribution in [2.75, 3.05) is 13.2 Å². The minimum absolute atomic E-state index is 0.0588. The van der Waals surface area contributed by atoms with Gasteiger partial charge in [-0.25, -0.2) is 0 Å². The van der Waals surface area contributed by atoms with Crippen molar-refractivity contribution < 1.29 is 44.0 Å². The Hall–Kier alpha value is -2.20. The van der Waals surface area contributed by atoms with E-state index in [1.165, 1.54) is 0 Å². The molecule has 1 aliphatic heterocycles. The number of aliphatic hydroxyl groups excluding tert-OH is 1. The summed E-state index contributed by atoms with van der Waals surface area (Å²) in [6.07, 6.45) is -2.03. The number of hydrogen-bond acceptors (Lipinski definition) is 8. The van der Waals surface area contributed by atoms with Crippen LogP contribution < -0.4 is 5.32 Å². The SMILES string of the molecule is O=C(O)CC(NC1CC(=O)OCC(CCO)OC1=O)C(=O)O. The monoisotopic (exact) mass is 319 g/mol. The molecule has 1 saturated heterocycles.